The highest BCUT2D eigenvalue weighted by Crippen LogP contribution is 2.37. The van der Waals surface area contributed by atoms with Crippen LogP contribution in [0.2, 0.25) is 5.02 Å². The van der Waals surface area contributed by atoms with E-state index < -0.39 is 17.5 Å². The van der Waals surface area contributed by atoms with Crippen LogP contribution in [0.4, 0.5) is 18.9 Å². The number of tetrazole rings is 1. The average Bonchev–Trinajstić information content (AvgIpc) is 3.58. The highest BCUT2D eigenvalue weighted by Gasteiger charge is 2.37. The Morgan fingerprint density at radius 2 is 1.74 bits per heavy atom. The van der Waals surface area contributed by atoms with Crippen molar-refractivity contribution >= 4 is 28.7 Å². The molecule has 4 rings (SSSR count). The third-order valence-electron chi connectivity index (χ3n) is 6.43. The molecule has 0 fully saturated rings. The SMILES string of the molecule is C=C(c1cc(Cn2nnc(C(F)(F)F)n2)nn1-c1ccccc1Cl)N(N)c1c(C)cc(C#N)cc1C(=C)N(N)C(C)(C)C. The van der Waals surface area contributed by atoms with Gasteiger partial charge in [-0.3, -0.25) is 5.01 Å². The molecule has 224 valence electrons. The molecule has 0 aliphatic carbocycles. The van der Waals surface area contributed by atoms with Crippen molar-refractivity contribution in [2.45, 2.75) is 46.0 Å². The minimum absolute atomic E-state index is 0.238. The Morgan fingerprint density at radius 3 is 2.33 bits per heavy atom. The molecule has 0 atom stereocenters. The Hall–Kier alpha value is -4.71. The Morgan fingerprint density at radius 1 is 1.07 bits per heavy atom. The lowest BCUT2D eigenvalue weighted by molar-refractivity contribution is -0.145. The molecule has 0 unspecified atom stereocenters. The zero-order valence-electron chi connectivity index (χ0n) is 23.9. The van der Waals surface area contributed by atoms with Gasteiger partial charge in [-0.15, -0.1) is 10.2 Å². The van der Waals surface area contributed by atoms with Crippen molar-refractivity contribution in [3.8, 4) is 11.8 Å². The third kappa shape index (κ3) is 6.38. The number of nitrogens with zero attached hydrogens (tertiary/aromatic N) is 9. The van der Waals surface area contributed by atoms with Crippen molar-refractivity contribution in [2.24, 2.45) is 11.7 Å². The summed E-state index contributed by atoms with van der Waals surface area (Å²) < 4.78 is 40.6. The summed E-state index contributed by atoms with van der Waals surface area (Å²) in [6.45, 7) is 15.6. The minimum atomic E-state index is -4.75. The number of aryl methyl sites for hydroxylation is 1. The highest BCUT2D eigenvalue weighted by molar-refractivity contribution is 6.32. The number of nitriles is 1. The molecule has 2 heterocycles. The lowest BCUT2D eigenvalue weighted by Gasteiger charge is -2.36. The molecule has 2 aromatic heterocycles. The van der Waals surface area contributed by atoms with Crippen LogP contribution in [0, 0.1) is 18.3 Å². The first-order valence-electron chi connectivity index (χ1n) is 12.7. The number of nitrogens with two attached hydrogens (primary N) is 2. The third-order valence-corrected chi connectivity index (χ3v) is 6.75. The number of hydrogen-bond acceptors (Lipinski definition) is 9. The molecule has 0 bridgehead atoms. The van der Waals surface area contributed by atoms with Crippen LogP contribution in [0.1, 0.15) is 54.7 Å². The second-order valence-electron chi connectivity index (χ2n) is 10.6. The number of hydrogen-bond donors (Lipinski definition) is 2. The number of anilines is 1. The van der Waals surface area contributed by atoms with Gasteiger partial charge in [-0.25, -0.2) is 16.4 Å². The second-order valence-corrected chi connectivity index (χ2v) is 11.0. The summed E-state index contributed by atoms with van der Waals surface area (Å²) in [5, 5.41) is 27.4. The van der Waals surface area contributed by atoms with Crippen LogP contribution in [0.25, 0.3) is 17.1 Å². The van der Waals surface area contributed by atoms with E-state index >= 15 is 0 Å². The predicted octanol–water partition coefficient (Wildman–Crippen LogP) is 5.06. The van der Waals surface area contributed by atoms with Gasteiger partial charge in [0.15, 0.2) is 0 Å². The van der Waals surface area contributed by atoms with E-state index in [0.717, 1.165) is 4.80 Å². The quantitative estimate of drug-likeness (QED) is 0.206. The minimum Gasteiger partial charge on any atom is -0.306 e. The molecule has 4 aromatic rings. The summed E-state index contributed by atoms with van der Waals surface area (Å²) >= 11 is 6.50. The second kappa shape index (κ2) is 11.5. The van der Waals surface area contributed by atoms with Gasteiger partial charge >= 0.3 is 6.18 Å². The molecule has 0 amide bonds. The molecule has 0 saturated heterocycles. The molecule has 43 heavy (non-hydrogen) atoms. The van der Waals surface area contributed by atoms with Gasteiger partial charge in [0.2, 0.25) is 0 Å². The van der Waals surface area contributed by atoms with Crippen LogP contribution in [0.15, 0.2) is 55.6 Å². The Balaban J connectivity index is 1.83. The van der Waals surface area contributed by atoms with E-state index in [9.17, 15) is 18.4 Å². The fraction of sp³-hybridized carbons (Fsp3) is 0.250. The maximum Gasteiger partial charge on any atom is 0.455 e. The van der Waals surface area contributed by atoms with Crippen molar-refractivity contribution in [3.63, 3.8) is 0 Å². The number of hydrazine groups is 2. The van der Waals surface area contributed by atoms with Gasteiger partial charge in [0.25, 0.3) is 5.82 Å². The van der Waals surface area contributed by atoms with Crippen molar-refractivity contribution in [3.05, 3.63) is 94.5 Å². The monoisotopic (exact) mass is 611 g/mol. The van der Waals surface area contributed by atoms with Crippen LogP contribution >= 0.6 is 11.6 Å². The summed E-state index contributed by atoms with van der Waals surface area (Å²) in [6, 6.07) is 13.9. The Kier molecular flexibility index (Phi) is 8.37. The van der Waals surface area contributed by atoms with Crippen LogP contribution in [-0.4, -0.2) is 40.5 Å². The summed E-state index contributed by atoms with van der Waals surface area (Å²) in [7, 11) is 0. The Labute approximate surface area is 251 Å². The Bertz CT molecular complexity index is 1740. The molecule has 0 radical (unpaired) electrons. The summed E-state index contributed by atoms with van der Waals surface area (Å²) in [4.78, 5) is 0.782. The van der Waals surface area contributed by atoms with E-state index in [0.29, 0.717) is 44.5 Å². The zero-order valence-corrected chi connectivity index (χ0v) is 24.6. The van der Waals surface area contributed by atoms with Crippen LogP contribution in [0.5, 0.6) is 0 Å². The van der Waals surface area contributed by atoms with Gasteiger partial charge in [0.05, 0.1) is 50.8 Å². The lowest BCUT2D eigenvalue weighted by atomic mass is 9.98. The van der Waals surface area contributed by atoms with E-state index in [1.165, 1.54) is 14.7 Å². The number of halogens is 4. The van der Waals surface area contributed by atoms with E-state index in [2.05, 4.69) is 39.7 Å². The number of rotatable bonds is 8. The first-order valence-corrected chi connectivity index (χ1v) is 13.1. The maximum atomic E-state index is 13.0. The molecule has 0 aliphatic rings. The van der Waals surface area contributed by atoms with Crippen molar-refractivity contribution in [1.82, 2.24) is 35.0 Å². The van der Waals surface area contributed by atoms with Crippen molar-refractivity contribution in [1.29, 1.82) is 5.26 Å². The molecule has 15 heteroatoms. The molecule has 4 N–H and O–H groups in total. The largest absolute Gasteiger partial charge is 0.455 e. The van der Waals surface area contributed by atoms with E-state index in [1.54, 1.807) is 49.4 Å². The van der Waals surface area contributed by atoms with E-state index in [4.69, 9.17) is 23.3 Å². The first kappa shape index (κ1) is 31.2. The van der Waals surface area contributed by atoms with Gasteiger partial charge in [0, 0.05) is 11.1 Å². The van der Waals surface area contributed by atoms with Gasteiger partial charge in [-0.2, -0.15) is 28.3 Å². The zero-order chi connectivity index (χ0) is 31.9. The standard InChI is InChI=1S/C28H29ClF3N11/c1-16-11-19(14-33)12-21(17(2)43(35)27(4,5)6)25(16)41(34)18(3)24-13-20(15-40-38-26(36-39-40)28(30,31)32)37-42(24)23-10-8-7-9-22(23)29/h7-13H,2-3,15,34-35H2,1,4-6H3. The summed E-state index contributed by atoms with van der Waals surface area (Å²) in [5.74, 6) is 11.7. The van der Waals surface area contributed by atoms with Gasteiger partial charge < -0.3 is 5.01 Å². The topological polar surface area (TPSA) is 144 Å². The molecule has 0 spiro atoms. The number of alkyl halides is 3. The number of para-hydroxylation sites is 1. The number of aromatic nitrogens is 6. The molecule has 11 nitrogen and oxygen atoms in total. The van der Waals surface area contributed by atoms with Gasteiger partial charge in [-0.05, 0) is 68.8 Å². The maximum absolute atomic E-state index is 13.0. The fourth-order valence-electron chi connectivity index (χ4n) is 4.27. The molecular weight excluding hydrogens is 583 g/mol. The normalized spacial score (nSPS) is 11.7. The van der Waals surface area contributed by atoms with Crippen LogP contribution < -0.4 is 16.7 Å². The van der Waals surface area contributed by atoms with Crippen LogP contribution in [-0.2, 0) is 12.7 Å². The number of benzene rings is 2. The highest BCUT2D eigenvalue weighted by atomic mass is 35.5. The van der Waals surface area contributed by atoms with E-state index in [1.807, 2.05) is 20.8 Å². The lowest BCUT2D eigenvalue weighted by Crippen LogP contribution is -2.45. The van der Waals surface area contributed by atoms with Gasteiger partial charge in [0.1, 0.15) is 6.54 Å². The van der Waals surface area contributed by atoms with E-state index in [-0.39, 0.29) is 17.9 Å². The molecule has 2 aromatic carbocycles. The molecule has 0 aliphatic heterocycles. The average molecular weight is 612 g/mol. The smallest absolute Gasteiger partial charge is 0.306 e. The first-order chi connectivity index (χ1) is 20.0. The molecular formula is C28H29ClF3N11. The molecule has 0 saturated carbocycles. The summed E-state index contributed by atoms with van der Waals surface area (Å²) in [6.07, 6.45) is -4.75. The predicted molar refractivity (Wildman–Crippen MR) is 157 cm³/mol. The van der Waals surface area contributed by atoms with Crippen LogP contribution in [0.3, 0.4) is 0 Å². The van der Waals surface area contributed by atoms with Crippen molar-refractivity contribution < 1.29 is 13.2 Å². The summed E-state index contributed by atoms with van der Waals surface area (Å²) in [5.41, 5.74) is 3.21. The van der Waals surface area contributed by atoms with Gasteiger partial charge in [-0.1, -0.05) is 36.9 Å². The fourth-order valence-corrected chi connectivity index (χ4v) is 4.48. The van der Waals surface area contributed by atoms with Crippen molar-refractivity contribution in [2.75, 3.05) is 5.01 Å².